The van der Waals surface area contributed by atoms with Gasteiger partial charge < -0.3 is 10.6 Å². The lowest BCUT2D eigenvalue weighted by Crippen LogP contribution is -2.46. The van der Waals surface area contributed by atoms with Crippen LogP contribution in [0, 0.1) is 5.92 Å². The maximum atomic E-state index is 12.3. The van der Waals surface area contributed by atoms with E-state index in [-0.39, 0.29) is 17.9 Å². The highest BCUT2D eigenvalue weighted by molar-refractivity contribution is 5.82. The number of rotatable bonds is 4. The van der Waals surface area contributed by atoms with Crippen molar-refractivity contribution in [3.63, 3.8) is 0 Å². The van der Waals surface area contributed by atoms with Crippen LogP contribution in [0.5, 0.6) is 0 Å². The summed E-state index contributed by atoms with van der Waals surface area (Å²) in [4.78, 5) is 14.3. The molecule has 2 rings (SSSR count). The van der Waals surface area contributed by atoms with Crippen LogP contribution in [-0.2, 0) is 4.79 Å². The Bertz CT molecular complexity index is 418. The van der Waals surface area contributed by atoms with Crippen LogP contribution in [0.1, 0.15) is 38.2 Å². The summed E-state index contributed by atoms with van der Waals surface area (Å²) in [5, 5.41) is 0. The predicted molar refractivity (Wildman–Crippen MR) is 77.8 cm³/mol. The van der Waals surface area contributed by atoms with E-state index >= 15 is 0 Å². The molecule has 1 heterocycles. The Labute approximate surface area is 115 Å². The molecule has 1 aliphatic rings. The third-order valence-corrected chi connectivity index (χ3v) is 4.31. The molecule has 1 aliphatic heterocycles. The second-order valence-electron chi connectivity index (χ2n) is 5.59. The normalized spacial score (nSPS) is 22.3. The number of carbonyl (C=O) groups is 1. The van der Waals surface area contributed by atoms with E-state index in [4.69, 9.17) is 5.73 Å². The average molecular weight is 260 g/mol. The molecule has 3 heteroatoms. The van der Waals surface area contributed by atoms with Crippen LogP contribution in [0.15, 0.2) is 30.3 Å². The molecular formula is C16H24N2O. The lowest BCUT2D eigenvalue weighted by atomic mass is 9.98. The summed E-state index contributed by atoms with van der Waals surface area (Å²) in [5.74, 6) is 0.838. The van der Waals surface area contributed by atoms with Crippen LogP contribution in [0.25, 0.3) is 0 Å². The number of benzene rings is 1. The van der Waals surface area contributed by atoms with Crippen molar-refractivity contribution < 1.29 is 4.79 Å². The Morgan fingerprint density at radius 1 is 1.42 bits per heavy atom. The van der Waals surface area contributed by atoms with E-state index in [0.717, 1.165) is 25.9 Å². The molecule has 1 unspecified atom stereocenters. The molecule has 0 aliphatic carbocycles. The van der Waals surface area contributed by atoms with Crippen molar-refractivity contribution in [1.82, 2.24) is 4.90 Å². The maximum Gasteiger partial charge on any atom is 0.239 e. The van der Waals surface area contributed by atoms with Gasteiger partial charge in [-0.25, -0.2) is 0 Å². The number of amides is 1. The first-order chi connectivity index (χ1) is 9.13. The fraction of sp³-hybridized carbons (Fsp3) is 0.562. The van der Waals surface area contributed by atoms with Crippen molar-refractivity contribution >= 4 is 5.91 Å². The Morgan fingerprint density at radius 2 is 2.11 bits per heavy atom. The molecule has 0 spiro atoms. The van der Waals surface area contributed by atoms with Crippen molar-refractivity contribution in [2.75, 3.05) is 13.1 Å². The highest BCUT2D eigenvalue weighted by Crippen LogP contribution is 2.27. The summed E-state index contributed by atoms with van der Waals surface area (Å²) < 4.78 is 0. The van der Waals surface area contributed by atoms with Gasteiger partial charge in [0.15, 0.2) is 0 Å². The largest absolute Gasteiger partial charge is 0.341 e. The van der Waals surface area contributed by atoms with Gasteiger partial charge in [0.1, 0.15) is 0 Å². The Kier molecular flexibility index (Phi) is 4.59. The molecule has 2 N–H and O–H groups in total. The van der Waals surface area contributed by atoms with Gasteiger partial charge >= 0.3 is 0 Å². The zero-order chi connectivity index (χ0) is 13.8. The lowest BCUT2D eigenvalue weighted by Gasteiger charge is -2.24. The van der Waals surface area contributed by atoms with Gasteiger partial charge in [0, 0.05) is 19.0 Å². The fourth-order valence-electron chi connectivity index (χ4n) is 2.67. The van der Waals surface area contributed by atoms with E-state index < -0.39 is 0 Å². The zero-order valence-corrected chi connectivity index (χ0v) is 11.9. The van der Waals surface area contributed by atoms with Gasteiger partial charge in [-0.3, -0.25) is 4.79 Å². The van der Waals surface area contributed by atoms with Crippen molar-refractivity contribution in [2.24, 2.45) is 11.7 Å². The molecule has 19 heavy (non-hydrogen) atoms. The minimum absolute atomic E-state index is 0.118. The SMILES string of the molecule is CC[C@H](C)[C@H](N)C(=O)N1CCC(c2ccccc2)C1. The molecule has 0 radical (unpaired) electrons. The first-order valence-electron chi connectivity index (χ1n) is 7.22. The summed E-state index contributed by atoms with van der Waals surface area (Å²) in [6, 6.07) is 10.1. The summed E-state index contributed by atoms with van der Waals surface area (Å²) in [5.41, 5.74) is 7.37. The van der Waals surface area contributed by atoms with E-state index in [1.165, 1.54) is 5.56 Å². The quantitative estimate of drug-likeness (QED) is 0.903. The van der Waals surface area contributed by atoms with Gasteiger partial charge in [0.25, 0.3) is 0 Å². The molecule has 1 aromatic rings. The van der Waals surface area contributed by atoms with Crippen LogP contribution in [0.4, 0.5) is 0 Å². The number of hydrogen-bond acceptors (Lipinski definition) is 2. The van der Waals surface area contributed by atoms with Crippen LogP contribution in [0.2, 0.25) is 0 Å². The number of likely N-dealkylation sites (tertiary alicyclic amines) is 1. The van der Waals surface area contributed by atoms with Gasteiger partial charge in [-0.1, -0.05) is 50.6 Å². The minimum Gasteiger partial charge on any atom is -0.341 e. The maximum absolute atomic E-state index is 12.3. The molecule has 0 bridgehead atoms. The molecule has 1 amide bonds. The third-order valence-electron chi connectivity index (χ3n) is 4.31. The van der Waals surface area contributed by atoms with Crippen molar-refractivity contribution in [1.29, 1.82) is 0 Å². The second-order valence-corrected chi connectivity index (χ2v) is 5.59. The summed E-state index contributed by atoms with van der Waals surface area (Å²) in [6.45, 7) is 5.78. The number of carbonyl (C=O) groups excluding carboxylic acids is 1. The van der Waals surface area contributed by atoms with Gasteiger partial charge in [-0.2, -0.15) is 0 Å². The summed E-state index contributed by atoms with van der Waals surface area (Å²) in [6.07, 6.45) is 1.99. The Balaban J connectivity index is 1.97. The summed E-state index contributed by atoms with van der Waals surface area (Å²) in [7, 11) is 0. The van der Waals surface area contributed by atoms with Crippen LogP contribution in [-0.4, -0.2) is 29.9 Å². The van der Waals surface area contributed by atoms with E-state index in [9.17, 15) is 4.79 Å². The first-order valence-corrected chi connectivity index (χ1v) is 7.22. The van der Waals surface area contributed by atoms with Gasteiger partial charge in [0.05, 0.1) is 6.04 Å². The minimum atomic E-state index is -0.348. The first kappa shape index (κ1) is 14.1. The summed E-state index contributed by atoms with van der Waals surface area (Å²) >= 11 is 0. The topological polar surface area (TPSA) is 46.3 Å². The van der Waals surface area contributed by atoms with Gasteiger partial charge in [-0.05, 0) is 17.9 Å². The molecule has 3 atom stereocenters. The number of hydrogen-bond donors (Lipinski definition) is 1. The lowest BCUT2D eigenvalue weighted by molar-refractivity contribution is -0.132. The number of nitrogens with two attached hydrogens (primary N) is 1. The van der Waals surface area contributed by atoms with Gasteiger partial charge in [0.2, 0.25) is 5.91 Å². The van der Waals surface area contributed by atoms with Crippen molar-refractivity contribution in [3.8, 4) is 0 Å². The molecule has 1 fully saturated rings. The molecule has 1 aromatic carbocycles. The molecule has 1 saturated heterocycles. The highest BCUT2D eigenvalue weighted by atomic mass is 16.2. The van der Waals surface area contributed by atoms with Crippen LogP contribution < -0.4 is 5.73 Å². The second kappa shape index (κ2) is 6.20. The molecule has 104 valence electrons. The number of nitrogens with zero attached hydrogens (tertiary/aromatic N) is 1. The fourth-order valence-corrected chi connectivity index (χ4v) is 2.67. The predicted octanol–water partition coefficient (Wildman–Crippen LogP) is 2.38. The molecule has 3 nitrogen and oxygen atoms in total. The standard InChI is InChI=1S/C16H24N2O/c1-3-12(2)15(17)16(19)18-10-9-14(11-18)13-7-5-4-6-8-13/h4-8,12,14-15H,3,9-11,17H2,1-2H3/t12-,14?,15-/m0/s1. The van der Waals surface area contributed by atoms with E-state index in [0.29, 0.717) is 5.92 Å². The molecular weight excluding hydrogens is 236 g/mol. The van der Waals surface area contributed by atoms with Crippen LogP contribution >= 0.6 is 0 Å². The monoisotopic (exact) mass is 260 g/mol. The van der Waals surface area contributed by atoms with Crippen molar-refractivity contribution in [2.45, 2.75) is 38.6 Å². The Hall–Kier alpha value is -1.35. The molecule has 0 aromatic heterocycles. The van der Waals surface area contributed by atoms with E-state index in [1.54, 1.807) is 0 Å². The zero-order valence-electron chi connectivity index (χ0n) is 11.9. The third kappa shape index (κ3) is 3.16. The smallest absolute Gasteiger partial charge is 0.239 e. The molecule has 0 saturated carbocycles. The highest BCUT2D eigenvalue weighted by Gasteiger charge is 2.31. The van der Waals surface area contributed by atoms with Crippen LogP contribution in [0.3, 0.4) is 0 Å². The van der Waals surface area contributed by atoms with E-state index in [2.05, 4.69) is 31.2 Å². The van der Waals surface area contributed by atoms with E-state index in [1.807, 2.05) is 17.9 Å². The Morgan fingerprint density at radius 3 is 2.74 bits per heavy atom. The van der Waals surface area contributed by atoms with Gasteiger partial charge in [-0.15, -0.1) is 0 Å². The van der Waals surface area contributed by atoms with Crippen molar-refractivity contribution in [3.05, 3.63) is 35.9 Å². The average Bonchev–Trinajstić information content (AvgIpc) is 2.95.